The number of nitrogens with zero attached hydrogens (tertiary/aromatic N) is 2. The molecule has 6 heteroatoms. The Bertz CT molecular complexity index is 887. The number of rotatable bonds is 4. The number of methoxy groups -OCH3 is 1. The number of para-hydroxylation sites is 2. The number of anilines is 2. The van der Waals surface area contributed by atoms with Gasteiger partial charge >= 0.3 is 12.0 Å². The first kappa shape index (κ1) is 20.7. The van der Waals surface area contributed by atoms with Crippen molar-refractivity contribution in [3.8, 4) is 0 Å². The molecule has 2 amide bonds. The summed E-state index contributed by atoms with van der Waals surface area (Å²) < 4.78 is 4.89. The highest BCUT2D eigenvalue weighted by atomic mass is 16.5. The summed E-state index contributed by atoms with van der Waals surface area (Å²) in [7, 11) is 1.39. The zero-order chi connectivity index (χ0) is 21.0. The Morgan fingerprint density at radius 2 is 1.69 bits per heavy atom. The minimum Gasteiger partial charge on any atom is -0.465 e. The molecule has 2 aromatic rings. The number of hydrogen-bond donors (Lipinski definition) is 1. The lowest BCUT2D eigenvalue weighted by molar-refractivity contribution is 0.0601. The van der Waals surface area contributed by atoms with E-state index in [1.165, 1.54) is 7.11 Å². The molecule has 0 aromatic heterocycles. The van der Waals surface area contributed by atoms with Crippen molar-refractivity contribution >= 4 is 23.4 Å². The molecule has 0 unspecified atom stereocenters. The van der Waals surface area contributed by atoms with Crippen molar-refractivity contribution in [2.24, 2.45) is 0 Å². The van der Waals surface area contributed by atoms with Gasteiger partial charge in [-0.1, -0.05) is 44.2 Å². The number of benzene rings is 2. The Morgan fingerprint density at radius 3 is 2.34 bits per heavy atom. The predicted molar refractivity (Wildman–Crippen MR) is 116 cm³/mol. The molecule has 3 rings (SSSR count). The van der Waals surface area contributed by atoms with Gasteiger partial charge in [-0.05, 0) is 36.1 Å². The van der Waals surface area contributed by atoms with E-state index >= 15 is 0 Å². The summed E-state index contributed by atoms with van der Waals surface area (Å²) in [6.45, 7) is 8.76. The van der Waals surface area contributed by atoms with Gasteiger partial charge in [0.25, 0.3) is 0 Å². The van der Waals surface area contributed by atoms with E-state index in [1.807, 2.05) is 42.2 Å². The molecule has 1 N–H and O–H groups in total. The van der Waals surface area contributed by atoms with E-state index in [9.17, 15) is 9.59 Å². The zero-order valence-electron chi connectivity index (χ0n) is 17.6. The molecule has 0 atom stereocenters. The van der Waals surface area contributed by atoms with Gasteiger partial charge in [0.05, 0.1) is 18.4 Å². The van der Waals surface area contributed by atoms with Crippen LogP contribution in [0.3, 0.4) is 0 Å². The van der Waals surface area contributed by atoms with Crippen molar-refractivity contribution < 1.29 is 14.3 Å². The summed E-state index contributed by atoms with van der Waals surface area (Å²) in [6.07, 6.45) is 0. The maximum Gasteiger partial charge on any atom is 0.339 e. The van der Waals surface area contributed by atoms with Crippen LogP contribution in [-0.2, 0) is 4.74 Å². The third kappa shape index (κ3) is 4.53. The SMILES string of the molecule is COC(=O)c1ccccc1N1CCN(C(=O)Nc2c(C)cccc2C(C)C)CC1. The normalized spacial score (nSPS) is 14.1. The highest BCUT2D eigenvalue weighted by Crippen LogP contribution is 2.28. The van der Waals surface area contributed by atoms with E-state index in [4.69, 9.17) is 4.74 Å². The van der Waals surface area contributed by atoms with Crippen molar-refractivity contribution in [3.63, 3.8) is 0 Å². The third-order valence-electron chi connectivity index (χ3n) is 5.38. The van der Waals surface area contributed by atoms with Gasteiger partial charge in [0.15, 0.2) is 0 Å². The molecule has 0 spiro atoms. The number of ether oxygens (including phenoxy) is 1. The molecular formula is C23H29N3O3. The fraction of sp³-hybridized carbons (Fsp3) is 0.391. The Labute approximate surface area is 172 Å². The van der Waals surface area contributed by atoms with Crippen molar-refractivity contribution in [2.45, 2.75) is 26.7 Å². The number of piperazine rings is 1. The van der Waals surface area contributed by atoms with Crippen molar-refractivity contribution in [1.29, 1.82) is 0 Å². The Hall–Kier alpha value is -3.02. The highest BCUT2D eigenvalue weighted by molar-refractivity contribution is 5.96. The second-order valence-electron chi connectivity index (χ2n) is 7.61. The van der Waals surface area contributed by atoms with Crippen LogP contribution in [0.1, 0.15) is 41.3 Å². The van der Waals surface area contributed by atoms with E-state index < -0.39 is 0 Å². The van der Waals surface area contributed by atoms with Crippen LogP contribution >= 0.6 is 0 Å². The van der Waals surface area contributed by atoms with Crippen LogP contribution in [0.15, 0.2) is 42.5 Å². The van der Waals surface area contributed by atoms with E-state index in [-0.39, 0.29) is 12.0 Å². The van der Waals surface area contributed by atoms with E-state index in [0.717, 1.165) is 22.5 Å². The predicted octanol–water partition coefficient (Wildman–Crippen LogP) is 4.26. The van der Waals surface area contributed by atoms with Gasteiger partial charge in [-0.3, -0.25) is 0 Å². The number of urea groups is 1. The van der Waals surface area contributed by atoms with Crippen molar-refractivity contribution in [1.82, 2.24) is 4.90 Å². The Balaban J connectivity index is 1.68. The maximum atomic E-state index is 12.9. The van der Waals surface area contributed by atoms with Crippen LogP contribution in [0.4, 0.5) is 16.2 Å². The fourth-order valence-electron chi connectivity index (χ4n) is 3.71. The van der Waals surface area contributed by atoms with Crippen LogP contribution in [0.25, 0.3) is 0 Å². The summed E-state index contributed by atoms with van der Waals surface area (Å²) in [5.74, 6) is -0.0154. The Kier molecular flexibility index (Phi) is 6.42. The highest BCUT2D eigenvalue weighted by Gasteiger charge is 2.25. The van der Waals surface area contributed by atoms with Crippen LogP contribution in [-0.4, -0.2) is 50.2 Å². The largest absolute Gasteiger partial charge is 0.465 e. The summed E-state index contributed by atoms with van der Waals surface area (Å²) in [5, 5.41) is 3.12. The molecule has 1 aliphatic heterocycles. The summed E-state index contributed by atoms with van der Waals surface area (Å²) in [6, 6.07) is 13.5. The molecule has 1 saturated heterocycles. The molecule has 1 fully saturated rings. The topological polar surface area (TPSA) is 61.9 Å². The summed E-state index contributed by atoms with van der Waals surface area (Å²) in [4.78, 5) is 28.9. The van der Waals surface area contributed by atoms with Gasteiger partial charge in [0.1, 0.15) is 0 Å². The summed E-state index contributed by atoms with van der Waals surface area (Å²) in [5.41, 5.74) is 4.51. The fourth-order valence-corrected chi connectivity index (χ4v) is 3.71. The van der Waals surface area contributed by atoms with Crippen LogP contribution in [0.2, 0.25) is 0 Å². The second kappa shape index (κ2) is 8.99. The minimum absolute atomic E-state index is 0.0814. The van der Waals surface area contributed by atoms with Gasteiger partial charge in [-0.2, -0.15) is 0 Å². The van der Waals surface area contributed by atoms with Crippen LogP contribution < -0.4 is 10.2 Å². The first-order valence-corrected chi connectivity index (χ1v) is 10.00. The number of carbonyl (C=O) groups is 2. The second-order valence-corrected chi connectivity index (χ2v) is 7.61. The molecular weight excluding hydrogens is 366 g/mol. The lowest BCUT2D eigenvalue weighted by Gasteiger charge is -2.37. The summed E-state index contributed by atoms with van der Waals surface area (Å²) >= 11 is 0. The number of amides is 2. The molecule has 0 saturated carbocycles. The lowest BCUT2D eigenvalue weighted by Crippen LogP contribution is -2.50. The molecule has 0 aliphatic carbocycles. The van der Waals surface area contributed by atoms with E-state index in [2.05, 4.69) is 30.1 Å². The average molecular weight is 396 g/mol. The first-order valence-electron chi connectivity index (χ1n) is 10.00. The van der Waals surface area contributed by atoms with Gasteiger partial charge in [-0.15, -0.1) is 0 Å². The smallest absolute Gasteiger partial charge is 0.339 e. The third-order valence-corrected chi connectivity index (χ3v) is 5.38. The Morgan fingerprint density at radius 1 is 1.00 bits per heavy atom. The van der Waals surface area contributed by atoms with Gasteiger partial charge < -0.3 is 19.9 Å². The molecule has 154 valence electrons. The number of nitrogens with one attached hydrogen (secondary N) is 1. The zero-order valence-corrected chi connectivity index (χ0v) is 17.6. The van der Waals surface area contributed by atoms with Gasteiger partial charge in [-0.25, -0.2) is 9.59 Å². The van der Waals surface area contributed by atoms with Crippen molar-refractivity contribution in [2.75, 3.05) is 43.5 Å². The quantitative estimate of drug-likeness (QED) is 0.786. The van der Waals surface area contributed by atoms with Gasteiger partial charge in [0, 0.05) is 31.9 Å². The number of carbonyl (C=O) groups excluding carboxylic acids is 2. The maximum absolute atomic E-state index is 12.9. The molecule has 1 heterocycles. The molecule has 2 aromatic carbocycles. The molecule has 0 radical (unpaired) electrons. The average Bonchev–Trinajstić information content (AvgIpc) is 2.74. The molecule has 0 bridgehead atoms. The van der Waals surface area contributed by atoms with E-state index in [0.29, 0.717) is 37.7 Å². The molecule has 1 aliphatic rings. The first-order chi connectivity index (χ1) is 13.9. The monoisotopic (exact) mass is 395 g/mol. The van der Waals surface area contributed by atoms with Crippen LogP contribution in [0.5, 0.6) is 0 Å². The van der Waals surface area contributed by atoms with Gasteiger partial charge in [0.2, 0.25) is 0 Å². The standard InChI is InChI=1S/C23H29N3O3/c1-16(2)18-10-7-8-17(3)21(18)24-23(28)26-14-12-25(13-15-26)20-11-6-5-9-19(20)22(27)29-4/h5-11,16H,12-15H2,1-4H3,(H,24,28). The van der Waals surface area contributed by atoms with E-state index in [1.54, 1.807) is 6.07 Å². The number of hydrogen-bond acceptors (Lipinski definition) is 4. The molecule has 29 heavy (non-hydrogen) atoms. The lowest BCUT2D eigenvalue weighted by atomic mass is 9.98. The van der Waals surface area contributed by atoms with Crippen molar-refractivity contribution in [3.05, 3.63) is 59.2 Å². The minimum atomic E-state index is -0.346. The number of esters is 1. The number of aryl methyl sites for hydroxylation is 1. The molecule has 6 nitrogen and oxygen atoms in total. The van der Waals surface area contributed by atoms with Crippen LogP contribution in [0, 0.1) is 6.92 Å².